The zero-order valence-corrected chi connectivity index (χ0v) is 18.2. The highest BCUT2D eigenvalue weighted by atomic mass is 32.2. The van der Waals surface area contributed by atoms with E-state index in [4.69, 9.17) is 9.79 Å². The number of rotatable bonds is 14. The summed E-state index contributed by atoms with van der Waals surface area (Å²) >= 11 is 0. The Morgan fingerprint density at radius 2 is 1.52 bits per heavy atom. The van der Waals surface area contributed by atoms with Crippen molar-refractivity contribution in [2.45, 2.75) is 63.2 Å². The number of anilines is 1. The Balaban J connectivity index is 2.43. The van der Waals surface area contributed by atoms with Gasteiger partial charge in [-0.25, -0.2) is 8.42 Å². The highest BCUT2D eigenvalue weighted by Gasteiger charge is 2.15. The first-order chi connectivity index (χ1) is 12.7. The van der Waals surface area contributed by atoms with Gasteiger partial charge >= 0.3 is 7.60 Å². The molecule has 1 rings (SSSR count). The summed E-state index contributed by atoms with van der Waals surface area (Å²) in [4.78, 5) is 20.1. The van der Waals surface area contributed by atoms with Gasteiger partial charge in [0, 0.05) is 25.4 Å². The van der Waals surface area contributed by atoms with E-state index in [2.05, 4.69) is 11.8 Å². The fourth-order valence-corrected chi connectivity index (χ4v) is 4.90. The van der Waals surface area contributed by atoms with Crippen molar-refractivity contribution in [3.05, 3.63) is 24.3 Å². The van der Waals surface area contributed by atoms with Gasteiger partial charge in [-0.3, -0.25) is 4.57 Å². The van der Waals surface area contributed by atoms with Crippen LogP contribution in [0.1, 0.15) is 58.3 Å². The second kappa shape index (κ2) is 11.8. The van der Waals surface area contributed by atoms with Crippen LogP contribution in [0.2, 0.25) is 0 Å². The summed E-state index contributed by atoms with van der Waals surface area (Å²) in [7, 11) is -5.23. The SMILES string of the molecule is CCCCCCN(C)c1ccc(S(=O)(=O)CCCCCCP(=O)(O)O)cc1. The molecule has 0 fully saturated rings. The molecule has 0 atom stereocenters. The van der Waals surface area contributed by atoms with E-state index in [-0.39, 0.29) is 11.9 Å². The highest BCUT2D eigenvalue weighted by molar-refractivity contribution is 7.91. The van der Waals surface area contributed by atoms with Gasteiger partial charge in [-0.15, -0.1) is 0 Å². The van der Waals surface area contributed by atoms with Crippen molar-refractivity contribution >= 4 is 23.1 Å². The van der Waals surface area contributed by atoms with E-state index < -0.39 is 17.4 Å². The van der Waals surface area contributed by atoms with E-state index in [1.54, 1.807) is 12.1 Å². The van der Waals surface area contributed by atoms with E-state index in [9.17, 15) is 13.0 Å². The molecule has 0 aromatic heterocycles. The molecule has 0 bridgehead atoms. The molecule has 27 heavy (non-hydrogen) atoms. The van der Waals surface area contributed by atoms with Crippen molar-refractivity contribution in [2.75, 3.05) is 30.4 Å². The fraction of sp³-hybridized carbons (Fsp3) is 0.684. The standard InChI is InChI=1S/C19H34NO5PS/c1-3-4-5-8-15-20(2)18-11-13-19(14-12-18)27(24,25)17-10-7-6-9-16-26(21,22)23/h11-14H,3-10,15-17H2,1-2H3,(H2,21,22,23). The maximum absolute atomic E-state index is 12.4. The van der Waals surface area contributed by atoms with Gasteiger partial charge < -0.3 is 14.7 Å². The van der Waals surface area contributed by atoms with E-state index >= 15 is 0 Å². The average molecular weight is 420 g/mol. The summed E-state index contributed by atoms with van der Waals surface area (Å²) in [5.41, 5.74) is 1.02. The number of hydrogen-bond acceptors (Lipinski definition) is 4. The molecule has 0 aliphatic heterocycles. The molecule has 8 heteroatoms. The Kier molecular flexibility index (Phi) is 10.6. The van der Waals surface area contributed by atoms with E-state index in [0.29, 0.717) is 30.6 Å². The summed E-state index contributed by atoms with van der Waals surface area (Å²) in [6.07, 6.45) is 6.86. The van der Waals surface area contributed by atoms with Crippen LogP contribution in [0, 0.1) is 0 Å². The minimum Gasteiger partial charge on any atom is -0.375 e. The Labute approximate surface area is 164 Å². The Hall–Kier alpha value is -0.880. The molecule has 1 aromatic rings. The number of hydrogen-bond donors (Lipinski definition) is 2. The molecule has 1 aromatic carbocycles. The zero-order chi connectivity index (χ0) is 20.3. The van der Waals surface area contributed by atoms with Crippen molar-refractivity contribution in [1.82, 2.24) is 0 Å². The lowest BCUT2D eigenvalue weighted by Crippen LogP contribution is -2.18. The lowest BCUT2D eigenvalue weighted by Gasteiger charge is -2.19. The maximum atomic E-state index is 12.4. The molecule has 0 heterocycles. The average Bonchev–Trinajstić information content (AvgIpc) is 2.60. The third-order valence-corrected chi connectivity index (χ3v) is 7.31. The molecule has 0 aliphatic rings. The molecular formula is C19H34NO5PS. The Morgan fingerprint density at radius 3 is 2.11 bits per heavy atom. The van der Waals surface area contributed by atoms with Crippen molar-refractivity contribution in [3.8, 4) is 0 Å². The van der Waals surface area contributed by atoms with Crippen LogP contribution >= 0.6 is 7.60 Å². The molecule has 0 spiro atoms. The van der Waals surface area contributed by atoms with E-state index in [1.165, 1.54) is 19.3 Å². The maximum Gasteiger partial charge on any atom is 0.325 e. The van der Waals surface area contributed by atoms with E-state index in [0.717, 1.165) is 18.7 Å². The first-order valence-corrected chi connectivity index (χ1v) is 13.2. The van der Waals surface area contributed by atoms with Crippen molar-refractivity contribution in [3.63, 3.8) is 0 Å². The highest BCUT2D eigenvalue weighted by Crippen LogP contribution is 2.35. The predicted octanol–water partition coefficient (Wildman–Crippen LogP) is 4.21. The third kappa shape index (κ3) is 10.3. The molecule has 2 N–H and O–H groups in total. The molecule has 0 saturated heterocycles. The minimum absolute atomic E-state index is 0.0646. The van der Waals surface area contributed by atoms with Crippen molar-refractivity contribution < 1.29 is 22.8 Å². The minimum atomic E-state index is -3.94. The quantitative estimate of drug-likeness (QED) is 0.346. The monoisotopic (exact) mass is 419 g/mol. The first kappa shape index (κ1) is 24.2. The smallest absolute Gasteiger partial charge is 0.325 e. The summed E-state index contributed by atoms with van der Waals surface area (Å²) in [5.74, 6) is 0.0646. The van der Waals surface area contributed by atoms with Crippen molar-refractivity contribution in [1.29, 1.82) is 0 Å². The van der Waals surface area contributed by atoms with Gasteiger partial charge in [0.25, 0.3) is 0 Å². The van der Waals surface area contributed by atoms with Gasteiger partial charge in [0.1, 0.15) is 0 Å². The lowest BCUT2D eigenvalue weighted by atomic mass is 10.2. The van der Waals surface area contributed by atoms with Crippen LogP contribution in [-0.4, -0.2) is 43.7 Å². The molecule has 0 saturated carbocycles. The summed E-state index contributed by atoms with van der Waals surface area (Å²) in [6, 6.07) is 7.04. The van der Waals surface area contributed by atoms with Gasteiger partial charge in [0.05, 0.1) is 10.6 Å². The molecule has 0 unspecified atom stereocenters. The predicted molar refractivity (Wildman–Crippen MR) is 111 cm³/mol. The molecular weight excluding hydrogens is 385 g/mol. The zero-order valence-electron chi connectivity index (χ0n) is 16.5. The summed E-state index contributed by atoms with van der Waals surface area (Å²) in [6.45, 7) is 3.14. The van der Waals surface area contributed by atoms with Gasteiger partial charge in [0.15, 0.2) is 9.84 Å². The molecule has 0 amide bonds. The van der Waals surface area contributed by atoms with E-state index in [1.807, 2.05) is 19.2 Å². The molecule has 6 nitrogen and oxygen atoms in total. The van der Waals surface area contributed by atoms with Crippen LogP contribution in [0.25, 0.3) is 0 Å². The third-order valence-electron chi connectivity index (χ3n) is 4.60. The van der Waals surface area contributed by atoms with Gasteiger partial charge in [-0.1, -0.05) is 39.0 Å². The number of nitrogens with zero attached hydrogens (tertiary/aromatic N) is 1. The number of benzene rings is 1. The second-order valence-electron chi connectivity index (χ2n) is 7.10. The summed E-state index contributed by atoms with van der Waals surface area (Å²) in [5, 5.41) is 0. The number of sulfone groups is 1. The van der Waals surface area contributed by atoms with Crippen LogP contribution < -0.4 is 4.90 Å². The normalized spacial score (nSPS) is 12.3. The number of unbranched alkanes of at least 4 members (excludes halogenated alkanes) is 6. The molecule has 0 radical (unpaired) electrons. The summed E-state index contributed by atoms with van der Waals surface area (Å²) < 4.78 is 35.6. The first-order valence-electron chi connectivity index (χ1n) is 9.74. The Morgan fingerprint density at radius 1 is 0.926 bits per heavy atom. The molecule has 156 valence electrons. The van der Waals surface area contributed by atoms with Crippen LogP contribution in [0.3, 0.4) is 0 Å². The van der Waals surface area contributed by atoms with Crippen LogP contribution in [0.15, 0.2) is 29.2 Å². The van der Waals surface area contributed by atoms with Crippen molar-refractivity contribution in [2.24, 2.45) is 0 Å². The topological polar surface area (TPSA) is 94.9 Å². The molecule has 0 aliphatic carbocycles. The fourth-order valence-electron chi connectivity index (χ4n) is 2.89. The second-order valence-corrected chi connectivity index (χ2v) is 11.0. The Bertz CT molecular complexity index is 685. The van der Waals surface area contributed by atoms with Crippen LogP contribution in [0.5, 0.6) is 0 Å². The van der Waals surface area contributed by atoms with Crippen LogP contribution in [-0.2, 0) is 14.4 Å². The lowest BCUT2D eigenvalue weighted by molar-refractivity contribution is 0.370. The van der Waals surface area contributed by atoms with Gasteiger partial charge in [0.2, 0.25) is 0 Å². The van der Waals surface area contributed by atoms with Gasteiger partial charge in [-0.2, -0.15) is 0 Å². The van der Waals surface area contributed by atoms with Crippen LogP contribution in [0.4, 0.5) is 5.69 Å². The van der Waals surface area contributed by atoms with Gasteiger partial charge in [-0.05, 0) is 43.5 Å². The largest absolute Gasteiger partial charge is 0.375 e.